The lowest BCUT2D eigenvalue weighted by atomic mass is 9.93. The smallest absolute Gasteiger partial charge is 0.123 e. The van der Waals surface area contributed by atoms with Crippen molar-refractivity contribution in [3.63, 3.8) is 0 Å². The van der Waals surface area contributed by atoms with Crippen molar-refractivity contribution in [2.45, 2.75) is 32.6 Å². The van der Waals surface area contributed by atoms with E-state index in [1.165, 1.54) is 17.7 Å². The Kier molecular flexibility index (Phi) is 4.37. The van der Waals surface area contributed by atoms with E-state index in [-0.39, 0.29) is 5.82 Å². The third-order valence-electron chi connectivity index (χ3n) is 2.49. The molecule has 0 aliphatic carbocycles. The van der Waals surface area contributed by atoms with Gasteiger partial charge >= 0.3 is 0 Å². The Bertz CT molecular complexity index is 285. The summed E-state index contributed by atoms with van der Waals surface area (Å²) in [6.45, 7) is 4.19. The summed E-state index contributed by atoms with van der Waals surface area (Å²) in [6, 6.07) is 6.83. The van der Waals surface area contributed by atoms with Gasteiger partial charge in [-0.05, 0) is 43.4 Å². The summed E-state index contributed by atoms with van der Waals surface area (Å²) in [5.74, 6) is 0.362. The summed E-state index contributed by atoms with van der Waals surface area (Å²) in [5, 5.41) is 0. The molecule has 0 saturated carbocycles. The van der Waals surface area contributed by atoms with E-state index in [9.17, 15) is 4.39 Å². The lowest BCUT2D eigenvalue weighted by Crippen LogP contribution is -1.95. The second kappa shape index (κ2) is 5.58. The number of halogens is 1. The molecule has 0 heterocycles. The molecule has 0 amide bonds. The Morgan fingerprint density at radius 1 is 1.29 bits per heavy atom. The van der Waals surface area contributed by atoms with Crippen molar-refractivity contribution in [3.05, 3.63) is 47.8 Å². The number of hydrogen-bond donors (Lipinski definition) is 0. The predicted octanol–water partition coefficient (Wildman–Crippen LogP) is 4.29. The van der Waals surface area contributed by atoms with E-state index < -0.39 is 0 Å². The quantitative estimate of drug-likeness (QED) is 0.624. The Morgan fingerprint density at radius 2 is 1.93 bits per heavy atom. The third kappa shape index (κ3) is 2.99. The molecule has 1 aromatic rings. The van der Waals surface area contributed by atoms with Gasteiger partial charge in [0.1, 0.15) is 5.82 Å². The second-order valence-electron chi connectivity index (χ2n) is 3.46. The van der Waals surface area contributed by atoms with Crippen LogP contribution in [0, 0.1) is 5.82 Å². The minimum Gasteiger partial charge on any atom is -0.207 e. The predicted molar refractivity (Wildman–Crippen MR) is 58.9 cm³/mol. The summed E-state index contributed by atoms with van der Waals surface area (Å²) in [7, 11) is 0. The van der Waals surface area contributed by atoms with Crippen LogP contribution < -0.4 is 0 Å². The van der Waals surface area contributed by atoms with E-state index in [2.05, 4.69) is 19.1 Å². The van der Waals surface area contributed by atoms with Gasteiger partial charge in [0, 0.05) is 0 Å². The van der Waals surface area contributed by atoms with Crippen LogP contribution in [-0.2, 0) is 0 Å². The zero-order valence-electron chi connectivity index (χ0n) is 8.83. The van der Waals surface area contributed by atoms with Gasteiger partial charge in [-0.3, -0.25) is 0 Å². The Hall–Kier alpha value is -1.11. The van der Waals surface area contributed by atoms with Crippen molar-refractivity contribution in [3.8, 4) is 0 Å². The van der Waals surface area contributed by atoms with Crippen LogP contribution in [-0.4, -0.2) is 0 Å². The van der Waals surface area contributed by atoms with Gasteiger partial charge in [-0.25, -0.2) is 4.39 Å². The Labute approximate surface area is 85.5 Å². The first kappa shape index (κ1) is 11.0. The zero-order valence-corrected chi connectivity index (χ0v) is 8.83. The molecule has 0 aliphatic heterocycles. The highest BCUT2D eigenvalue weighted by molar-refractivity contribution is 5.21. The van der Waals surface area contributed by atoms with Gasteiger partial charge < -0.3 is 0 Å². The summed E-state index contributed by atoms with van der Waals surface area (Å²) >= 11 is 0. The standard InChI is InChI=1S/C13H17F/c1-3-5-6-11(4-2)12-7-9-13(14)10-8-12/h3,5,7-11H,4,6H2,1-2H3/b5-3-. The molecule has 76 valence electrons. The molecule has 14 heavy (non-hydrogen) atoms. The molecule has 1 heteroatoms. The molecule has 0 aliphatic rings. The lowest BCUT2D eigenvalue weighted by Gasteiger charge is -2.12. The average molecular weight is 192 g/mol. The Morgan fingerprint density at radius 3 is 2.43 bits per heavy atom. The van der Waals surface area contributed by atoms with E-state index in [1.807, 2.05) is 19.1 Å². The number of hydrogen-bond acceptors (Lipinski definition) is 0. The van der Waals surface area contributed by atoms with Crippen LogP contribution in [0.2, 0.25) is 0 Å². The maximum Gasteiger partial charge on any atom is 0.123 e. The monoisotopic (exact) mass is 192 g/mol. The van der Waals surface area contributed by atoms with Crippen molar-refractivity contribution in [1.29, 1.82) is 0 Å². The fourth-order valence-electron chi connectivity index (χ4n) is 1.57. The van der Waals surface area contributed by atoms with Crippen LogP contribution in [0.5, 0.6) is 0 Å². The first-order chi connectivity index (χ1) is 6.77. The third-order valence-corrected chi connectivity index (χ3v) is 2.49. The Balaban J connectivity index is 2.73. The van der Waals surface area contributed by atoms with E-state index in [4.69, 9.17) is 0 Å². The summed E-state index contributed by atoms with van der Waals surface area (Å²) < 4.78 is 12.7. The van der Waals surface area contributed by atoms with Crippen LogP contribution in [0.15, 0.2) is 36.4 Å². The highest BCUT2D eigenvalue weighted by Crippen LogP contribution is 2.23. The van der Waals surface area contributed by atoms with Crippen molar-refractivity contribution in [1.82, 2.24) is 0 Å². The van der Waals surface area contributed by atoms with Crippen LogP contribution in [0.4, 0.5) is 4.39 Å². The van der Waals surface area contributed by atoms with Gasteiger partial charge in [0.15, 0.2) is 0 Å². The first-order valence-electron chi connectivity index (χ1n) is 5.14. The first-order valence-corrected chi connectivity index (χ1v) is 5.14. The highest BCUT2D eigenvalue weighted by atomic mass is 19.1. The summed E-state index contributed by atoms with van der Waals surface area (Å²) in [5.41, 5.74) is 1.23. The molecule has 0 nitrogen and oxygen atoms in total. The minimum atomic E-state index is -0.158. The maximum atomic E-state index is 12.7. The summed E-state index contributed by atoms with van der Waals surface area (Å²) in [4.78, 5) is 0. The zero-order chi connectivity index (χ0) is 10.4. The molecule has 0 saturated heterocycles. The normalized spacial score (nSPS) is 13.4. The van der Waals surface area contributed by atoms with Crippen LogP contribution in [0.1, 0.15) is 38.2 Å². The van der Waals surface area contributed by atoms with Crippen molar-refractivity contribution >= 4 is 0 Å². The SMILES string of the molecule is C/C=C\CC(CC)c1ccc(F)cc1. The van der Waals surface area contributed by atoms with Crippen molar-refractivity contribution in [2.75, 3.05) is 0 Å². The second-order valence-corrected chi connectivity index (χ2v) is 3.46. The molecule has 0 aromatic heterocycles. The molecule has 0 fully saturated rings. The van der Waals surface area contributed by atoms with Gasteiger partial charge in [0.2, 0.25) is 0 Å². The van der Waals surface area contributed by atoms with E-state index in [1.54, 1.807) is 0 Å². The molecular weight excluding hydrogens is 175 g/mol. The van der Waals surface area contributed by atoms with Crippen LogP contribution >= 0.6 is 0 Å². The maximum absolute atomic E-state index is 12.7. The van der Waals surface area contributed by atoms with E-state index >= 15 is 0 Å². The molecule has 0 radical (unpaired) electrons. The van der Waals surface area contributed by atoms with Gasteiger partial charge in [-0.15, -0.1) is 0 Å². The van der Waals surface area contributed by atoms with Crippen molar-refractivity contribution in [2.24, 2.45) is 0 Å². The minimum absolute atomic E-state index is 0.158. The molecule has 1 unspecified atom stereocenters. The number of allylic oxidation sites excluding steroid dienone is 2. The topological polar surface area (TPSA) is 0 Å². The van der Waals surface area contributed by atoms with E-state index in [0.29, 0.717) is 5.92 Å². The number of rotatable bonds is 4. The fourth-order valence-corrected chi connectivity index (χ4v) is 1.57. The van der Waals surface area contributed by atoms with Gasteiger partial charge in [0.25, 0.3) is 0 Å². The van der Waals surface area contributed by atoms with Crippen LogP contribution in [0.25, 0.3) is 0 Å². The van der Waals surface area contributed by atoms with Crippen LogP contribution in [0.3, 0.4) is 0 Å². The van der Waals surface area contributed by atoms with Crippen molar-refractivity contribution < 1.29 is 4.39 Å². The molecule has 0 bridgehead atoms. The highest BCUT2D eigenvalue weighted by Gasteiger charge is 2.06. The molecule has 1 aromatic carbocycles. The molecule has 1 rings (SSSR count). The molecule has 1 atom stereocenters. The largest absolute Gasteiger partial charge is 0.207 e. The lowest BCUT2D eigenvalue weighted by molar-refractivity contribution is 0.622. The molecular formula is C13H17F. The summed E-state index contributed by atoms with van der Waals surface area (Å²) in [6.07, 6.45) is 6.36. The van der Waals surface area contributed by atoms with E-state index in [0.717, 1.165) is 12.8 Å². The fraction of sp³-hybridized carbons (Fsp3) is 0.385. The average Bonchev–Trinajstić information content (AvgIpc) is 2.21. The number of benzene rings is 1. The van der Waals surface area contributed by atoms with Gasteiger partial charge in [0.05, 0.1) is 0 Å². The van der Waals surface area contributed by atoms with Gasteiger partial charge in [-0.2, -0.15) is 0 Å². The molecule has 0 spiro atoms. The van der Waals surface area contributed by atoms with Gasteiger partial charge in [-0.1, -0.05) is 31.2 Å². The molecule has 0 N–H and O–H groups in total.